The average molecular weight is 271 g/mol. The van der Waals surface area contributed by atoms with Crippen LogP contribution in [0, 0.1) is 0 Å². The molecule has 5 heteroatoms. The van der Waals surface area contributed by atoms with Gasteiger partial charge in [-0.2, -0.15) is 4.98 Å². The number of benzene rings is 1. The summed E-state index contributed by atoms with van der Waals surface area (Å²) in [7, 11) is 0. The van der Waals surface area contributed by atoms with Gasteiger partial charge in [-0.05, 0) is 18.1 Å². The van der Waals surface area contributed by atoms with Crippen molar-refractivity contribution >= 4 is 11.6 Å². The maximum atomic E-state index is 12.0. The molecule has 1 aliphatic heterocycles. The lowest BCUT2D eigenvalue weighted by Gasteiger charge is -2.21. The molecule has 1 aromatic heterocycles. The highest BCUT2D eigenvalue weighted by Gasteiger charge is 2.35. The SMILES string of the molecule is CCCc1nc(C2Cc3ccccc3N2C(C)=O)no1. The topological polar surface area (TPSA) is 59.2 Å². The van der Waals surface area contributed by atoms with Crippen LogP contribution >= 0.6 is 0 Å². The van der Waals surface area contributed by atoms with Crippen LogP contribution in [0.15, 0.2) is 28.8 Å². The fraction of sp³-hybridized carbons (Fsp3) is 0.400. The van der Waals surface area contributed by atoms with E-state index in [-0.39, 0.29) is 11.9 Å². The number of hydrogen-bond acceptors (Lipinski definition) is 4. The van der Waals surface area contributed by atoms with Crippen molar-refractivity contribution in [2.24, 2.45) is 0 Å². The van der Waals surface area contributed by atoms with Gasteiger partial charge >= 0.3 is 0 Å². The van der Waals surface area contributed by atoms with E-state index in [1.807, 2.05) is 24.3 Å². The normalized spacial score (nSPS) is 17.3. The summed E-state index contributed by atoms with van der Waals surface area (Å²) < 4.78 is 5.25. The van der Waals surface area contributed by atoms with Crippen LogP contribution in [0.25, 0.3) is 0 Å². The number of nitrogens with zero attached hydrogens (tertiary/aromatic N) is 3. The number of hydrogen-bond donors (Lipinski definition) is 0. The zero-order valence-electron chi connectivity index (χ0n) is 11.7. The van der Waals surface area contributed by atoms with Crippen LogP contribution in [-0.2, 0) is 17.6 Å². The number of para-hydroxylation sites is 1. The van der Waals surface area contributed by atoms with E-state index in [0.717, 1.165) is 30.5 Å². The van der Waals surface area contributed by atoms with Crippen molar-refractivity contribution < 1.29 is 9.32 Å². The summed E-state index contributed by atoms with van der Waals surface area (Å²) in [6.07, 6.45) is 2.47. The second-order valence-corrected chi connectivity index (χ2v) is 5.03. The lowest BCUT2D eigenvalue weighted by Crippen LogP contribution is -2.30. The summed E-state index contributed by atoms with van der Waals surface area (Å²) in [6.45, 7) is 3.64. The Morgan fingerprint density at radius 3 is 3.00 bits per heavy atom. The lowest BCUT2D eigenvalue weighted by atomic mass is 10.1. The predicted octanol–water partition coefficient (Wildman–Crippen LogP) is 2.67. The third-order valence-corrected chi connectivity index (χ3v) is 3.56. The monoisotopic (exact) mass is 271 g/mol. The predicted molar refractivity (Wildman–Crippen MR) is 74.3 cm³/mol. The van der Waals surface area contributed by atoms with Gasteiger partial charge in [0.15, 0.2) is 5.82 Å². The van der Waals surface area contributed by atoms with E-state index in [9.17, 15) is 4.79 Å². The summed E-state index contributed by atoms with van der Waals surface area (Å²) in [4.78, 5) is 18.2. The number of aromatic nitrogens is 2. The third kappa shape index (κ3) is 2.09. The molecular weight excluding hydrogens is 254 g/mol. The molecule has 0 saturated carbocycles. The number of aryl methyl sites for hydroxylation is 1. The highest BCUT2D eigenvalue weighted by atomic mass is 16.5. The van der Waals surface area contributed by atoms with E-state index in [1.54, 1.807) is 11.8 Å². The van der Waals surface area contributed by atoms with Gasteiger partial charge in [0, 0.05) is 25.5 Å². The molecule has 0 saturated heterocycles. The molecule has 1 aromatic carbocycles. The Labute approximate surface area is 117 Å². The van der Waals surface area contributed by atoms with E-state index in [1.165, 1.54) is 0 Å². The molecule has 0 radical (unpaired) electrons. The number of carbonyl (C=O) groups is 1. The fourth-order valence-corrected chi connectivity index (χ4v) is 2.70. The number of carbonyl (C=O) groups excluding carboxylic acids is 1. The molecule has 1 unspecified atom stereocenters. The first-order valence-corrected chi connectivity index (χ1v) is 6.91. The molecule has 1 aliphatic rings. The van der Waals surface area contributed by atoms with Gasteiger partial charge in [0.2, 0.25) is 11.8 Å². The Morgan fingerprint density at radius 1 is 1.45 bits per heavy atom. The van der Waals surface area contributed by atoms with Crippen molar-refractivity contribution in [3.05, 3.63) is 41.5 Å². The standard InChI is InChI=1S/C15H17N3O2/c1-3-6-14-16-15(17-20-14)13-9-11-7-4-5-8-12(11)18(13)10(2)19/h4-5,7-8,13H,3,6,9H2,1-2H3. The molecule has 104 valence electrons. The van der Waals surface area contributed by atoms with Gasteiger partial charge in [0.1, 0.15) is 6.04 Å². The first kappa shape index (κ1) is 12.8. The number of fused-ring (bicyclic) bond motifs is 1. The van der Waals surface area contributed by atoms with Crippen LogP contribution < -0.4 is 4.90 Å². The average Bonchev–Trinajstić information content (AvgIpc) is 3.02. The van der Waals surface area contributed by atoms with Crippen molar-refractivity contribution in [2.45, 2.75) is 39.2 Å². The molecule has 1 atom stereocenters. The van der Waals surface area contributed by atoms with Gasteiger partial charge < -0.3 is 9.42 Å². The van der Waals surface area contributed by atoms with E-state index in [4.69, 9.17) is 4.52 Å². The number of anilines is 1. The second-order valence-electron chi connectivity index (χ2n) is 5.03. The summed E-state index contributed by atoms with van der Waals surface area (Å²) in [5, 5.41) is 4.05. The second kappa shape index (κ2) is 5.07. The van der Waals surface area contributed by atoms with Crippen LogP contribution in [0.1, 0.15) is 43.6 Å². The van der Waals surface area contributed by atoms with Crippen molar-refractivity contribution in [3.63, 3.8) is 0 Å². The molecular formula is C15H17N3O2. The van der Waals surface area contributed by atoms with Crippen LogP contribution in [0.3, 0.4) is 0 Å². The molecule has 0 aliphatic carbocycles. The molecule has 20 heavy (non-hydrogen) atoms. The molecule has 5 nitrogen and oxygen atoms in total. The minimum atomic E-state index is -0.153. The maximum absolute atomic E-state index is 12.0. The minimum Gasteiger partial charge on any atom is -0.339 e. The Bertz CT molecular complexity index is 636. The van der Waals surface area contributed by atoms with Gasteiger partial charge in [-0.15, -0.1) is 0 Å². The molecule has 2 aromatic rings. The van der Waals surface area contributed by atoms with Crippen molar-refractivity contribution in [2.75, 3.05) is 4.90 Å². The van der Waals surface area contributed by atoms with E-state index < -0.39 is 0 Å². The van der Waals surface area contributed by atoms with Gasteiger partial charge in [-0.1, -0.05) is 30.3 Å². The smallest absolute Gasteiger partial charge is 0.226 e. The van der Waals surface area contributed by atoms with Gasteiger partial charge in [-0.25, -0.2) is 0 Å². The van der Waals surface area contributed by atoms with E-state index in [0.29, 0.717) is 11.7 Å². The summed E-state index contributed by atoms with van der Waals surface area (Å²) in [5.41, 5.74) is 2.10. The summed E-state index contributed by atoms with van der Waals surface area (Å²) in [5.74, 6) is 1.24. The van der Waals surface area contributed by atoms with Crippen LogP contribution in [-0.4, -0.2) is 16.0 Å². The number of rotatable bonds is 3. The summed E-state index contributed by atoms with van der Waals surface area (Å²) >= 11 is 0. The van der Waals surface area contributed by atoms with Gasteiger partial charge in [0.05, 0.1) is 0 Å². The first-order valence-electron chi connectivity index (χ1n) is 6.91. The third-order valence-electron chi connectivity index (χ3n) is 3.56. The fourth-order valence-electron chi connectivity index (χ4n) is 2.70. The molecule has 0 fully saturated rings. The maximum Gasteiger partial charge on any atom is 0.226 e. The van der Waals surface area contributed by atoms with E-state index >= 15 is 0 Å². The molecule has 0 N–H and O–H groups in total. The summed E-state index contributed by atoms with van der Waals surface area (Å²) in [6, 6.07) is 7.77. The molecule has 3 rings (SSSR count). The zero-order valence-corrected chi connectivity index (χ0v) is 11.7. The van der Waals surface area contributed by atoms with Crippen LogP contribution in [0.5, 0.6) is 0 Å². The van der Waals surface area contributed by atoms with Crippen LogP contribution in [0.2, 0.25) is 0 Å². The first-order chi connectivity index (χ1) is 9.70. The van der Waals surface area contributed by atoms with Gasteiger partial charge in [0.25, 0.3) is 0 Å². The molecule has 0 bridgehead atoms. The van der Waals surface area contributed by atoms with Crippen molar-refractivity contribution in [1.29, 1.82) is 0 Å². The Morgan fingerprint density at radius 2 is 2.25 bits per heavy atom. The highest BCUT2D eigenvalue weighted by molar-refractivity contribution is 5.94. The van der Waals surface area contributed by atoms with Gasteiger partial charge in [-0.3, -0.25) is 4.79 Å². The van der Waals surface area contributed by atoms with Crippen molar-refractivity contribution in [3.8, 4) is 0 Å². The Kier molecular flexibility index (Phi) is 3.26. The molecule has 2 heterocycles. The molecule has 0 spiro atoms. The minimum absolute atomic E-state index is 0.00166. The zero-order chi connectivity index (χ0) is 14.1. The van der Waals surface area contributed by atoms with E-state index in [2.05, 4.69) is 17.1 Å². The number of amides is 1. The molecule has 1 amide bonds. The van der Waals surface area contributed by atoms with Crippen LogP contribution in [0.4, 0.5) is 5.69 Å². The lowest BCUT2D eigenvalue weighted by molar-refractivity contribution is -0.117. The van der Waals surface area contributed by atoms with Crippen molar-refractivity contribution in [1.82, 2.24) is 10.1 Å². The Balaban J connectivity index is 1.95. The Hall–Kier alpha value is -2.17. The highest BCUT2D eigenvalue weighted by Crippen LogP contribution is 2.39. The quantitative estimate of drug-likeness (QED) is 0.861. The largest absolute Gasteiger partial charge is 0.339 e.